The zero-order valence-electron chi connectivity index (χ0n) is 8.02. The van der Waals surface area contributed by atoms with E-state index in [1.165, 1.54) is 0 Å². The fourth-order valence-electron chi connectivity index (χ4n) is 0.665. The summed E-state index contributed by atoms with van der Waals surface area (Å²) in [7, 11) is 0. The van der Waals surface area contributed by atoms with Crippen LogP contribution in [0.15, 0.2) is 12.7 Å². The molecule has 0 aliphatic carbocycles. The average Bonchev–Trinajstić information content (AvgIpc) is 2.22. The summed E-state index contributed by atoms with van der Waals surface area (Å²) in [6.45, 7) is 3.66. The maximum absolute atomic E-state index is 10.5. The van der Waals surface area contributed by atoms with Crippen LogP contribution in [0, 0.1) is 0 Å². The van der Waals surface area contributed by atoms with Crippen molar-refractivity contribution >= 4 is 5.97 Å². The molecule has 1 atom stereocenters. The molecule has 2 N–H and O–H groups in total. The zero-order chi connectivity index (χ0) is 10.8. The van der Waals surface area contributed by atoms with Crippen molar-refractivity contribution in [2.24, 2.45) is 0 Å². The Morgan fingerprint density at radius 3 is 2.79 bits per heavy atom. The van der Waals surface area contributed by atoms with Crippen molar-refractivity contribution in [2.45, 2.75) is 12.5 Å². The summed E-state index contributed by atoms with van der Waals surface area (Å²) in [5, 5.41) is 17.3. The smallest absolute Gasteiger partial charge is 0.330 e. The van der Waals surface area contributed by atoms with E-state index in [1.807, 2.05) is 0 Å². The van der Waals surface area contributed by atoms with Crippen molar-refractivity contribution in [1.29, 1.82) is 0 Å². The minimum absolute atomic E-state index is 0.0892. The van der Waals surface area contributed by atoms with E-state index in [4.69, 9.17) is 14.9 Å². The molecule has 14 heavy (non-hydrogen) atoms. The van der Waals surface area contributed by atoms with Gasteiger partial charge in [-0.3, -0.25) is 0 Å². The molecule has 82 valence electrons. The van der Waals surface area contributed by atoms with E-state index in [0.717, 1.165) is 6.08 Å². The highest BCUT2D eigenvalue weighted by Crippen LogP contribution is 1.89. The number of aliphatic hydroxyl groups excluding tert-OH is 2. The lowest BCUT2D eigenvalue weighted by Gasteiger charge is -2.07. The number of hydrogen-bond donors (Lipinski definition) is 2. The van der Waals surface area contributed by atoms with Crippen LogP contribution in [-0.2, 0) is 14.3 Å². The SMILES string of the molecule is C=CC(=O)OCCCOCC(O)CO. The second-order valence-electron chi connectivity index (χ2n) is 2.64. The minimum Gasteiger partial charge on any atom is -0.462 e. The predicted octanol–water partition coefficient (Wildman–Crippen LogP) is -0.525. The van der Waals surface area contributed by atoms with E-state index >= 15 is 0 Å². The number of ether oxygens (including phenoxy) is 2. The molecule has 0 saturated heterocycles. The van der Waals surface area contributed by atoms with Gasteiger partial charge in [0, 0.05) is 19.1 Å². The Morgan fingerprint density at radius 1 is 1.50 bits per heavy atom. The molecule has 0 bridgehead atoms. The molecule has 0 heterocycles. The Bertz CT molecular complexity index is 169. The predicted molar refractivity (Wildman–Crippen MR) is 49.7 cm³/mol. The van der Waals surface area contributed by atoms with Gasteiger partial charge in [0.1, 0.15) is 6.10 Å². The zero-order valence-corrected chi connectivity index (χ0v) is 8.02. The first-order chi connectivity index (χ1) is 6.70. The molecule has 0 rings (SSSR count). The number of rotatable bonds is 8. The van der Waals surface area contributed by atoms with Crippen molar-refractivity contribution in [2.75, 3.05) is 26.4 Å². The summed E-state index contributed by atoms with van der Waals surface area (Å²) < 4.78 is 9.65. The van der Waals surface area contributed by atoms with Crippen LogP contribution >= 0.6 is 0 Å². The van der Waals surface area contributed by atoms with E-state index < -0.39 is 12.1 Å². The molecule has 5 heteroatoms. The van der Waals surface area contributed by atoms with Crippen LogP contribution in [-0.4, -0.2) is 48.7 Å². The maximum Gasteiger partial charge on any atom is 0.330 e. The van der Waals surface area contributed by atoms with Gasteiger partial charge >= 0.3 is 5.97 Å². The molecule has 0 radical (unpaired) electrons. The summed E-state index contributed by atoms with van der Waals surface area (Å²) in [6.07, 6.45) is 0.805. The fraction of sp³-hybridized carbons (Fsp3) is 0.667. The van der Waals surface area contributed by atoms with E-state index in [1.54, 1.807) is 0 Å². The summed E-state index contributed by atoms with van der Waals surface area (Å²) in [5.41, 5.74) is 0. The Labute approximate surface area is 82.9 Å². The van der Waals surface area contributed by atoms with E-state index in [0.29, 0.717) is 13.0 Å². The Hall–Kier alpha value is -0.910. The molecule has 5 nitrogen and oxygen atoms in total. The Kier molecular flexibility index (Phi) is 8.11. The van der Waals surface area contributed by atoms with Crippen molar-refractivity contribution < 1.29 is 24.5 Å². The van der Waals surface area contributed by atoms with Gasteiger partial charge in [-0.25, -0.2) is 4.79 Å². The summed E-state index contributed by atoms with van der Waals surface area (Å²) in [5.74, 6) is -0.458. The van der Waals surface area contributed by atoms with Crippen LogP contribution in [0.5, 0.6) is 0 Å². The van der Waals surface area contributed by atoms with Gasteiger partial charge in [0.25, 0.3) is 0 Å². The van der Waals surface area contributed by atoms with Gasteiger partial charge in [0.2, 0.25) is 0 Å². The lowest BCUT2D eigenvalue weighted by atomic mass is 10.4. The highest BCUT2D eigenvalue weighted by Gasteiger charge is 2.01. The third-order valence-corrected chi connectivity index (χ3v) is 1.36. The molecule has 0 fully saturated rings. The van der Waals surface area contributed by atoms with E-state index in [2.05, 4.69) is 11.3 Å². The summed E-state index contributed by atoms with van der Waals surface area (Å²) >= 11 is 0. The first kappa shape index (κ1) is 13.1. The second kappa shape index (κ2) is 8.68. The summed E-state index contributed by atoms with van der Waals surface area (Å²) in [6, 6.07) is 0. The van der Waals surface area contributed by atoms with E-state index in [-0.39, 0.29) is 19.8 Å². The average molecular weight is 204 g/mol. The van der Waals surface area contributed by atoms with Crippen LogP contribution in [0.25, 0.3) is 0 Å². The first-order valence-electron chi connectivity index (χ1n) is 4.36. The van der Waals surface area contributed by atoms with Crippen LogP contribution in [0.3, 0.4) is 0 Å². The van der Waals surface area contributed by atoms with Gasteiger partial charge in [0.15, 0.2) is 0 Å². The lowest BCUT2D eigenvalue weighted by Crippen LogP contribution is -2.20. The van der Waals surface area contributed by atoms with Gasteiger partial charge in [-0.15, -0.1) is 0 Å². The standard InChI is InChI=1S/C9H16O5/c1-2-9(12)14-5-3-4-13-7-8(11)6-10/h2,8,10-11H,1,3-7H2. The van der Waals surface area contributed by atoms with Gasteiger partial charge in [-0.2, -0.15) is 0 Å². The topological polar surface area (TPSA) is 76.0 Å². The monoisotopic (exact) mass is 204 g/mol. The van der Waals surface area contributed by atoms with Gasteiger partial charge < -0.3 is 19.7 Å². The lowest BCUT2D eigenvalue weighted by molar-refractivity contribution is -0.138. The fourth-order valence-corrected chi connectivity index (χ4v) is 0.665. The van der Waals surface area contributed by atoms with Crippen LogP contribution in [0.1, 0.15) is 6.42 Å². The van der Waals surface area contributed by atoms with E-state index in [9.17, 15) is 4.79 Å². The number of carbonyl (C=O) groups is 1. The first-order valence-corrected chi connectivity index (χ1v) is 4.36. The largest absolute Gasteiger partial charge is 0.462 e. The molecule has 0 aromatic rings. The summed E-state index contributed by atoms with van der Waals surface area (Å²) in [4.78, 5) is 10.5. The molecule has 0 aromatic heterocycles. The Morgan fingerprint density at radius 2 is 2.21 bits per heavy atom. The van der Waals surface area contributed by atoms with Gasteiger partial charge in [-0.1, -0.05) is 6.58 Å². The third-order valence-electron chi connectivity index (χ3n) is 1.36. The number of esters is 1. The molecular formula is C9H16O5. The molecule has 1 unspecified atom stereocenters. The van der Waals surface area contributed by atoms with Crippen molar-refractivity contribution in [3.63, 3.8) is 0 Å². The van der Waals surface area contributed by atoms with Crippen molar-refractivity contribution in [3.8, 4) is 0 Å². The Balaban J connectivity index is 3.14. The number of aliphatic hydroxyl groups is 2. The normalized spacial score (nSPS) is 12.1. The maximum atomic E-state index is 10.5. The third kappa shape index (κ3) is 7.72. The molecule has 0 amide bonds. The van der Waals surface area contributed by atoms with Gasteiger partial charge in [0.05, 0.1) is 19.8 Å². The van der Waals surface area contributed by atoms with Gasteiger partial charge in [-0.05, 0) is 0 Å². The molecule has 0 spiro atoms. The van der Waals surface area contributed by atoms with Crippen LogP contribution < -0.4 is 0 Å². The van der Waals surface area contributed by atoms with Crippen LogP contribution in [0.4, 0.5) is 0 Å². The molecule has 0 saturated carbocycles. The molecule has 0 aliphatic rings. The quantitative estimate of drug-likeness (QED) is 0.316. The van der Waals surface area contributed by atoms with Crippen molar-refractivity contribution in [3.05, 3.63) is 12.7 Å². The highest BCUT2D eigenvalue weighted by atomic mass is 16.5. The number of carbonyl (C=O) groups excluding carboxylic acids is 1. The molecular weight excluding hydrogens is 188 g/mol. The molecule has 0 aromatic carbocycles. The van der Waals surface area contributed by atoms with Crippen LogP contribution in [0.2, 0.25) is 0 Å². The highest BCUT2D eigenvalue weighted by molar-refractivity contribution is 5.81. The number of hydrogen-bond acceptors (Lipinski definition) is 5. The second-order valence-corrected chi connectivity index (χ2v) is 2.64. The molecule has 0 aliphatic heterocycles. The minimum atomic E-state index is -0.842. The van der Waals surface area contributed by atoms with Crippen molar-refractivity contribution in [1.82, 2.24) is 0 Å².